The van der Waals surface area contributed by atoms with Gasteiger partial charge in [-0.25, -0.2) is 9.73 Å². The Balaban J connectivity index is 0.00000289. The van der Waals surface area contributed by atoms with Gasteiger partial charge in [-0.05, 0) is 20.2 Å². The number of amides is 1. The van der Waals surface area contributed by atoms with Crippen LogP contribution in [0.25, 0.3) is 0 Å². The summed E-state index contributed by atoms with van der Waals surface area (Å²) in [6.45, 7) is 0. The third-order valence-electron chi connectivity index (χ3n) is 1.78. The molecule has 0 atom stereocenters. The van der Waals surface area contributed by atoms with Gasteiger partial charge in [0.15, 0.2) is 5.75 Å². The van der Waals surface area contributed by atoms with Crippen molar-refractivity contribution in [2.75, 3.05) is 14.1 Å². The van der Waals surface area contributed by atoms with Crippen LogP contribution in [0.2, 0.25) is 0 Å². The van der Waals surface area contributed by atoms with Crippen molar-refractivity contribution < 1.29 is 26.9 Å². The van der Waals surface area contributed by atoms with Crippen molar-refractivity contribution in [3.05, 3.63) is 24.0 Å². The second-order valence-corrected chi connectivity index (χ2v) is 4.77. The maximum Gasteiger partial charge on any atom is 0.314 e. The molecule has 0 spiro atoms. The number of aryl methyl sites for hydroxylation is 1. The van der Waals surface area contributed by atoms with E-state index in [4.69, 9.17) is 0 Å². The number of hydrazone groups is 1. The molecule has 0 aliphatic carbocycles. The molecule has 0 aromatic carbocycles. The highest BCUT2D eigenvalue weighted by Crippen LogP contribution is 2.04. The predicted molar refractivity (Wildman–Crippen MR) is 66.7 cm³/mol. The first-order valence-electron chi connectivity index (χ1n) is 4.86. The fourth-order valence-electron chi connectivity index (χ4n) is 1.08. The highest BCUT2D eigenvalue weighted by Gasteiger charge is 2.05. The lowest BCUT2D eigenvalue weighted by atomic mass is 10.3. The maximum absolute atomic E-state index is 11.2. The molecule has 0 aliphatic rings. The number of hydrogen-bond donors (Lipinski definition) is 2. The summed E-state index contributed by atoms with van der Waals surface area (Å²) >= 11 is 1.02. The van der Waals surface area contributed by atoms with Crippen molar-refractivity contribution in [3.8, 4) is 5.75 Å². The van der Waals surface area contributed by atoms with E-state index >= 15 is 0 Å². The zero-order valence-electron chi connectivity index (χ0n) is 10.3. The molecule has 8 heteroatoms. The van der Waals surface area contributed by atoms with Crippen molar-refractivity contribution in [2.24, 2.45) is 12.1 Å². The van der Waals surface area contributed by atoms with Crippen LogP contribution in [-0.2, 0) is 7.05 Å². The molecule has 2 N–H and O–H groups in total. The third kappa shape index (κ3) is 5.85. The minimum Gasteiger partial charge on any atom is -1.00 e. The van der Waals surface area contributed by atoms with Gasteiger partial charge < -0.3 is 17.5 Å². The molecule has 0 saturated carbocycles. The van der Waals surface area contributed by atoms with Crippen molar-refractivity contribution in [2.45, 2.75) is 0 Å². The minimum absolute atomic E-state index is 0. The van der Waals surface area contributed by atoms with Crippen LogP contribution in [0.5, 0.6) is 5.75 Å². The van der Waals surface area contributed by atoms with E-state index in [1.54, 1.807) is 48.3 Å². The molecule has 1 heterocycles. The molecular formula is C10H15ClN4O2S. The quantitative estimate of drug-likeness (QED) is 0.279. The Morgan fingerprint density at radius 1 is 1.56 bits per heavy atom. The Morgan fingerprint density at radius 3 is 2.78 bits per heavy atom. The van der Waals surface area contributed by atoms with Gasteiger partial charge in [0, 0.05) is 18.0 Å². The Morgan fingerprint density at radius 2 is 2.22 bits per heavy atom. The van der Waals surface area contributed by atoms with E-state index in [0.29, 0.717) is 0 Å². The summed E-state index contributed by atoms with van der Waals surface area (Å²) in [6.07, 6.45) is 3.06. The van der Waals surface area contributed by atoms with Crippen LogP contribution in [0.3, 0.4) is 0 Å². The van der Waals surface area contributed by atoms with Gasteiger partial charge in [0.1, 0.15) is 13.3 Å². The summed E-state index contributed by atoms with van der Waals surface area (Å²) in [5.41, 5.74) is 3.14. The summed E-state index contributed by atoms with van der Waals surface area (Å²) in [5.74, 6) is 0.178. The summed E-state index contributed by atoms with van der Waals surface area (Å²) < 4.78 is 3.37. The molecule has 18 heavy (non-hydrogen) atoms. The normalized spacial score (nSPS) is 10.4. The molecule has 1 rings (SSSR count). The molecule has 1 aromatic rings. The van der Waals surface area contributed by atoms with Gasteiger partial charge >= 0.3 is 5.24 Å². The second kappa shape index (κ2) is 7.91. The molecule has 0 bridgehead atoms. The number of nitrogens with one attached hydrogen (secondary N) is 1. The number of aromatic nitrogens is 1. The van der Waals surface area contributed by atoms with E-state index in [1.165, 1.54) is 6.21 Å². The molecule has 0 aliphatic heterocycles. The van der Waals surface area contributed by atoms with Gasteiger partial charge in [-0.1, -0.05) is 0 Å². The lowest BCUT2D eigenvalue weighted by Gasteiger charge is -2.04. The van der Waals surface area contributed by atoms with E-state index in [-0.39, 0.29) is 23.4 Å². The fraction of sp³-hybridized carbons (Fsp3) is 0.300. The summed E-state index contributed by atoms with van der Waals surface area (Å²) in [7, 11) is 5.32. The first-order valence-corrected chi connectivity index (χ1v) is 5.63. The molecule has 0 unspecified atom stereocenters. The van der Waals surface area contributed by atoms with Gasteiger partial charge in [0.2, 0.25) is 11.9 Å². The summed E-state index contributed by atoms with van der Waals surface area (Å²) in [6, 6.07) is 3.25. The smallest absolute Gasteiger partial charge is 0.314 e. The fourth-order valence-corrected chi connectivity index (χ4v) is 1.50. The molecule has 1 aromatic heterocycles. The van der Waals surface area contributed by atoms with Crippen LogP contribution >= 0.6 is 11.9 Å². The van der Waals surface area contributed by atoms with E-state index < -0.39 is 0 Å². The van der Waals surface area contributed by atoms with Crippen molar-refractivity contribution >= 4 is 23.4 Å². The van der Waals surface area contributed by atoms with Crippen LogP contribution in [-0.4, -0.2) is 35.0 Å². The summed E-state index contributed by atoms with van der Waals surface area (Å²) in [5, 5.41) is 12.8. The number of aromatic hydroxyl groups is 1. The van der Waals surface area contributed by atoms with Crippen LogP contribution in [0, 0.1) is 0 Å². The Labute approximate surface area is 116 Å². The Bertz CT molecular complexity index is 440. The topological polar surface area (TPSA) is 68.8 Å². The van der Waals surface area contributed by atoms with Crippen LogP contribution < -0.4 is 22.4 Å². The molecule has 0 saturated heterocycles. The molecule has 0 radical (unpaired) electrons. The van der Waals surface area contributed by atoms with Gasteiger partial charge in [0.05, 0.1) is 0 Å². The van der Waals surface area contributed by atoms with Gasteiger partial charge in [0.25, 0.3) is 0 Å². The molecule has 100 valence electrons. The van der Waals surface area contributed by atoms with E-state index in [1.807, 2.05) is 0 Å². The van der Waals surface area contributed by atoms with Crippen molar-refractivity contribution in [1.29, 1.82) is 0 Å². The Kier molecular flexibility index (Phi) is 7.33. The highest BCUT2D eigenvalue weighted by atomic mass is 35.5. The van der Waals surface area contributed by atoms with Gasteiger partial charge in [-0.3, -0.25) is 4.79 Å². The van der Waals surface area contributed by atoms with Crippen LogP contribution in [0.4, 0.5) is 4.79 Å². The predicted octanol–water partition coefficient (Wildman–Crippen LogP) is -2.53. The number of halogens is 1. The zero-order valence-corrected chi connectivity index (χ0v) is 11.9. The van der Waals surface area contributed by atoms with E-state index in [9.17, 15) is 9.90 Å². The first-order chi connectivity index (χ1) is 7.99. The number of carbonyl (C=O) groups is 1. The zero-order chi connectivity index (χ0) is 12.8. The molecule has 0 fully saturated rings. The first kappa shape index (κ1) is 16.7. The SMILES string of the molecule is CN(C)SC(=O)N/N=C/c1ccc(O)c[n+]1C.[Cl-]. The minimum atomic E-state index is -0.257. The monoisotopic (exact) mass is 290 g/mol. The number of pyridine rings is 1. The largest absolute Gasteiger partial charge is 1.00 e. The van der Waals surface area contributed by atoms with Gasteiger partial charge in [-0.15, -0.1) is 0 Å². The lowest BCUT2D eigenvalue weighted by Crippen LogP contribution is -3.00. The maximum atomic E-state index is 11.2. The van der Waals surface area contributed by atoms with Crippen molar-refractivity contribution in [1.82, 2.24) is 9.73 Å². The second-order valence-electron chi connectivity index (χ2n) is 3.48. The van der Waals surface area contributed by atoms with Crippen molar-refractivity contribution in [3.63, 3.8) is 0 Å². The molecule has 1 amide bonds. The molecule has 6 nitrogen and oxygen atoms in total. The van der Waals surface area contributed by atoms with E-state index in [2.05, 4.69) is 10.5 Å². The Hall–Kier alpha value is -1.31. The number of nitrogens with zero attached hydrogens (tertiary/aromatic N) is 3. The third-order valence-corrected chi connectivity index (χ3v) is 2.40. The number of hydrogen-bond acceptors (Lipinski definition) is 5. The number of rotatable bonds is 3. The van der Waals surface area contributed by atoms with Gasteiger partial charge in [-0.2, -0.15) is 9.67 Å². The summed E-state index contributed by atoms with van der Waals surface area (Å²) in [4.78, 5) is 11.2. The average molecular weight is 291 g/mol. The lowest BCUT2D eigenvalue weighted by molar-refractivity contribution is -0.672. The molecular weight excluding hydrogens is 276 g/mol. The van der Waals surface area contributed by atoms with Crippen LogP contribution in [0.15, 0.2) is 23.4 Å². The number of carbonyl (C=O) groups excluding carboxylic acids is 1. The standard InChI is InChI=1S/C10H14N4O2S.ClH/c1-13(2)17-10(16)12-11-6-8-4-5-9(15)7-14(8)3;/h4-7,15H,1-3H3;1H. The highest BCUT2D eigenvalue weighted by molar-refractivity contribution is 8.11. The average Bonchev–Trinajstić information content (AvgIpc) is 2.20. The van der Waals surface area contributed by atoms with E-state index in [0.717, 1.165) is 17.6 Å². The van der Waals surface area contributed by atoms with Crippen LogP contribution in [0.1, 0.15) is 5.69 Å².